The minimum atomic E-state index is -0.488. The molecule has 1 rings (SSSR count). The number of nitrogens with zero attached hydrogens (tertiary/aromatic N) is 1. The van der Waals surface area contributed by atoms with Crippen LogP contribution in [0.2, 0.25) is 0 Å². The largest absolute Gasteiger partial charge is 0.465 e. The van der Waals surface area contributed by atoms with Crippen molar-refractivity contribution in [3.05, 3.63) is 48.6 Å². The fraction of sp³-hybridized carbons (Fsp3) is 0.784. The van der Waals surface area contributed by atoms with Crippen molar-refractivity contribution < 1.29 is 38.1 Å². The first kappa shape index (κ1) is 56.2. The topological polar surface area (TPSA) is 113 Å². The Balaban J connectivity index is 2.57. The molecule has 10 heteroatoms. The highest BCUT2D eigenvalue weighted by atomic mass is 16.7. The predicted octanol–water partition coefficient (Wildman–Crippen LogP) is 11.5. The third kappa shape index (κ3) is 36.4. The van der Waals surface area contributed by atoms with Gasteiger partial charge in [-0.05, 0) is 104 Å². The number of nitrogens with one attached hydrogen (secondary N) is 1. The Kier molecular flexibility index (Phi) is 38.0. The van der Waals surface area contributed by atoms with E-state index in [1.807, 2.05) is 0 Å². The molecular weight excluding hydrogens is 769 g/mol. The number of ether oxygens (including phenoxy) is 5. The number of esters is 3. The van der Waals surface area contributed by atoms with Gasteiger partial charge in [0.15, 0.2) is 6.29 Å². The molecule has 0 saturated carbocycles. The highest BCUT2D eigenvalue weighted by Crippen LogP contribution is 2.13. The molecule has 3 unspecified atom stereocenters. The number of hydrogen-bond acceptors (Lipinski definition) is 10. The summed E-state index contributed by atoms with van der Waals surface area (Å²) in [6.07, 6.45) is 38.8. The monoisotopic (exact) mass is 859 g/mol. The zero-order chi connectivity index (χ0) is 44.4. The van der Waals surface area contributed by atoms with E-state index in [-0.39, 0.29) is 50.6 Å². The van der Waals surface area contributed by atoms with Gasteiger partial charge < -0.3 is 29.0 Å². The van der Waals surface area contributed by atoms with Crippen LogP contribution in [-0.4, -0.2) is 93.9 Å². The molecule has 3 atom stereocenters. The molecule has 0 bridgehead atoms. The van der Waals surface area contributed by atoms with Gasteiger partial charge in [0.2, 0.25) is 0 Å². The molecule has 0 aliphatic carbocycles. The van der Waals surface area contributed by atoms with Crippen molar-refractivity contribution in [3.8, 4) is 0 Å². The summed E-state index contributed by atoms with van der Waals surface area (Å²) < 4.78 is 29.1. The Labute approximate surface area is 373 Å². The van der Waals surface area contributed by atoms with E-state index in [1.54, 1.807) is 0 Å². The quantitative estimate of drug-likeness (QED) is 0.0210. The van der Waals surface area contributed by atoms with Crippen molar-refractivity contribution >= 4 is 17.9 Å². The number of piperazine rings is 1. The van der Waals surface area contributed by atoms with Gasteiger partial charge in [0.05, 0.1) is 18.8 Å². The maximum Gasteiger partial charge on any atom is 0.307 e. The van der Waals surface area contributed by atoms with Gasteiger partial charge in [-0.1, -0.05) is 101 Å². The minimum Gasteiger partial charge on any atom is -0.465 e. The van der Waals surface area contributed by atoms with Gasteiger partial charge in [0.25, 0.3) is 0 Å². The van der Waals surface area contributed by atoms with E-state index in [4.69, 9.17) is 23.7 Å². The molecule has 1 saturated heterocycles. The maximum absolute atomic E-state index is 13.0. The van der Waals surface area contributed by atoms with Gasteiger partial charge >= 0.3 is 17.9 Å². The number of allylic oxidation sites excluding steroid dienone is 8. The second-order valence-electron chi connectivity index (χ2n) is 16.8. The van der Waals surface area contributed by atoms with E-state index < -0.39 is 12.2 Å². The van der Waals surface area contributed by atoms with Crippen LogP contribution in [0, 0.1) is 5.92 Å². The summed E-state index contributed by atoms with van der Waals surface area (Å²) >= 11 is 0. The Morgan fingerprint density at radius 2 is 1.02 bits per heavy atom. The van der Waals surface area contributed by atoms with Gasteiger partial charge in [-0.25, -0.2) is 0 Å². The van der Waals surface area contributed by atoms with Gasteiger partial charge in [-0.3, -0.25) is 19.3 Å². The first-order valence-electron chi connectivity index (χ1n) is 24.6. The van der Waals surface area contributed by atoms with Crippen molar-refractivity contribution in [2.75, 3.05) is 52.7 Å². The van der Waals surface area contributed by atoms with Crippen LogP contribution in [0.4, 0.5) is 0 Å². The van der Waals surface area contributed by atoms with Crippen molar-refractivity contribution in [1.29, 1.82) is 0 Å². The summed E-state index contributed by atoms with van der Waals surface area (Å²) in [6, 6.07) is 0.727. The van der Waals surface area contributed by atoms with E-state index in [0.717, 1.165) is 109 Å². The lowest BCUT2D eigenvalue weighted by atomic mass is 10.1. The first-order chi connectivity index (χ1) is 29.8. The van der Waals surface area contributed by atoms with Crippen LogP contribution in [-0.2, 0) is 38.1 Å². The molecule has 0 aromatic carbocycles. The Bertz CT molecular complexity index is 1150. The van der Waals surface area contributed by atoms with E-state index in [1.165, 1.54) is 25.7 Å². The highest BCUT2D eigenvalue weighted by molar-refractivity contribution is 5.70. The minimum absolute atomic E-state index is 0.00713. The summed E-state index contributed by atoms with van der Waals surface area (Å²) in [5, 5.41) is 3.51. The van der Waals surface area contributed by atoms with Crippen LogP contribution in [0.5, 0.6) is 0 Å². The number of unbranched alkanes of at least 4 members (excludes halogenated alkanes) is 12. The van der Waals surface area contributed by atoms with Crippen LogP contribution in [0.25, 0.3) is 0 Å². The van der Waals surface area contributed by atoms with Gasteiger partial charge in [0.1, 0.15) is 19.8 Å². The van der Waals surface area contributed by atoms with Crippen LogP contribution in [0.1, 0.15) is 182 Å². The van der Waals surface area contributed by atoms with Crippen molar-refractivity contribution in [1.82, 2.24) is 10.2 Å². The summed E-state index contributed by atoms with van der Waals surface area (Å²) in [4.78, 5) is 40.8. The van der Waals surface area contributed by atoms with Gasteiger partial charge in [-0.15, -0.1) is 0 Å². The molecule has 10 nitrogen and oxygen atoms in total. The number of carbonyl (C=O) groups is 3. The lowest BCUT2D eigenvalue weighted by molar-refractivity contribution is -0.162. The summed E-state index contributed by atoms with van der Waals surface area (Å²) in [7, 11) is 0. The number of hydrogen-bond donors (Lipinski definition) is 1. The lowest BCUT2D eigenvalue weighted by Crippen LogP contribution is -2.54. The molecule has 1 aliphatic rings. The molecule has 0 spiro atoms. The van der Waals surface area contributed by atoms with E-state index in [2.05, 4.69) is 93.4 Å². The van der Waals surface area contributed by atoms with E-state index in [9.17, 15) is 14.4 Å². The maximum atomic E-state index is 13.0. The second kappa shape index (κ2) is 41.2. The normalized spacial score (nSPS) is 16.8. The van der Waals surface area contributed by atoms with E-state index in [0.29, 0.717) is 44.7 Å². The van der Waals surface area contributed by atoms with Crippen molar-refractivity contribution in [3.63, 3.8) is 0 Å². The molecule has 0 aromatic heterocycles. The lowest BCUT2D eigenvalue weighted by Gasteiger charge is -2.35. The molecule has 0 aromatic rings. The first-order valence-corrected chi connectivity index (χ1v) is 24.6. The fourth-order valence-corrected chi connectivity index (χ4v) is 7.12. The molecular formula is C51H90N2O8. The standard InChI is InChI=1S/C51H90N2O8/c1-6-9-12-15-18-19-20-21-22-23-24-25-26-27-30-33-48(54)59-42-47(44-61-50(56)36-37-53-40-45(4)52-46(5)41-53)43-60-49(55)34-35-51(57-38-31-28-16-13-10-7-2)58-39-32-29-17-14-11-8-3/h10-11,13-14,18-19,21-22,45-47,51-52H,6-9,12,15-17,20,23-44H2,1-5H3/b13-10-,14-11-,19-18-,22-21-. The number of carbonyl (C=O) groups excluding carboxylic acids is 3. The zero-order valence-corrected chi connectivity index (χ0v) is 39.6. The number of rotatable bonds is 40. The molecule has 1 N–H and O–H groups in total. The SMILES string of the molecule is CC/C=C\CCCCOC(CCC(=O)OCC(COC(=O)CCCCCCC/C=C\C/C=C\CCCCC)COC(=O)CCN1CC(C)NC(C)C1)OCCCC/C=C\CC. The molecule has 0 radical (unpaired) electrons. The van der Waals surface area contributed by atoms with E-state index >= 15 is 0 Å². The van der Waals surface area contributed by atoms with Gasteiger partial charge in [-0.2, -0.15) is 0 Å². The Morgan fingerprint density at radius 3 is 1.56 bits per heavy atom. The third-order valence-corrected chi connectivity index (χ3v) is 10.6. The molecule has 1 heterocycles. The molecule has 352 valence electrons. The molecule has 1 aliphatic heterocycles. The highest BCUT2D eigenvalue weighted by Gasteiger charge is 2.23. The fourth-order valence-electron chi connectivity index (χ4n) is 7.12. The summed E-state index contributed by atoms with van der Waals surface area (Å²) in [6.45, 7) is 14.3. The molecule has 1 fully saturated rings. The zero-order valence-electron chi connectivity index (χ0n) is 39.6. The van der Waals surface area contributed by atoms with Crippen LogP contribution < -0.4 is 5.32 Å². The van der Waals surface area contributed by atoms with Crippen molar-refractivity contribution in [2.45, 2.75) is 201 Å². The third-order valence-electron chi connectivity index (χ3n) is 10.6. The van der Waals surface area contributed by atoms with Crippen LogP contribution in [0.3, 0.4) is 0 Å². The summed E-state index contributed by atoms with van der Waals surface area (Å²) in [5.74, 6) is -1.45. The molecule has 0 amide bonds. The van der Waals surface area contributed by atoms with Gasteiger partial charge in [0, 0.05) is 57.8 Å². The smallest absolute Gasteiger partial charge is 0.307 e. The average Bonchev–Trinajstić information content (AvgIpc) is 3.24. The van der Waals surface area contributed by atoms with Crippen LogP contribution >= 0.6 is 0 Å². The van der Waals surface area contributed by atoms with Crippen molar-refractivity contribution in [2.24, 2.45) is 5.92 Å². The summed E-state index contributed by atoms with van der Waals surface area (Å²) in [5.41, 5.74) is 0. The average molecular weight is 859 g/mol. The Morgan fingerprint density at radius 1 is 0.557 bits per heavy atom. The van der Waals surface area contributed by atoms with Crippen LogP contribution in [0.15, 0.2) is 48.6 Å². The second-order valence-corrected chi connectivity index (χ2v) is 16.8. The Hall–Kier alpha value is -2.79. The molecule has 61 heavy (non-hydrogen) atoms. The predicted molar refractivity (Wildman–Crippen MR) is 250 cm³/mol.